The Morgan fingerprint density at radius 2 is 1.89 bits per heavy atom. The van der Waals surface area contributed by atoms with Gasteiger partial charge in [0, 0.05) is 48.5 Å². The Balaban J connectivity index is 1.52. The van der Waals surface area contributed by atoms with E-state index in [9.17, 15) is 4.79 Å². The van der Waals surface area contributed by atoms with Crippen molar-refractivity contribution in [3.63, 3.8) is 0 Å². The maximum atomic E-state index is 12.4. The molecule has 1 heterocycles. The molecule has 1 amide bonds. The summed E-state index contributed by atoms with van der Waals surface area (Å²) in [5.41, 5.74) is 1.66. The summed E-state index contributed by atoms with van der Waals surface area (Å²) in [6.45, 7) is 2.01. The number of aromatic nitrogens is 2. The molecule has 7 heteroatoms. The van der Waals surface area contributed by atoms with Crippen molar-refractivity contribution < 1.29 is 4.79 Å². The summed E-state index contributed by atoms with van der Waals surface area (Å²) in [5.74, 6) is 1.53. The number of halogens is 1. The van der Waals surface area contributed by atoms with Crippen LogP contribution in [0.25, 0.3) is 0 Å². The zero-order valence-electron chi connectivity index (χ0n) is 16.0. The van der Waals surface area contributed by atoms with Gasteiger partial charge in [-0.15, -0.1) is 0 Å². The first kappa shape index (κ1) is 19.4. The van der Waals surface area contributed by atoms with Crippen LogP contribution in [-0.4, -0.2) is 42.1 Å². The van der Waals surface area contributed by atoms with Crippen LogP contribution in [0.15, 0.2) is 30.5 Å². The molecule has 3 rings (SSSR count). The molecule has 0 spiro atoms. The fraction of sp³-hybridized carbons (Fsp3) is 0.450. The van der Waals surface area contributed by atoms with Gasteiger partial charge in [-0.1, -0.05) is 17.7 Å². The average Bonchev–Trinajstić information content (AvgIpc) is 2.64. The monoisotopic (exact) mass is 387 g/mol. The van der Waals surface area contributed by atoms with Crippen LogP contribution < -0.4 is 15.5 Å². The van der Waals surface area contributed by atoms with Gasteiger partial charge >= 0.3 is 0 Å². The predicted molar refractivity (Wildman–Crippen MR) is 110 cm³/mol. The molecule has 144 valence electrons. The minimum Gasteiger partial charge on any atom is -0.362 e. The molecule has 0 unspecified atom stereocenters. The molecule has 0 atom stereocenters. The van der Waals surface area contributed by atoms with Gasteiger partial charge in [0.15, 0.2) is 0 Å². The van der Waals surface area contributed by atoms with E-state index in [1.165, 1.54) is 0 Å². The van der Waals surface area contributed by atoms with Crippen molar-refractivity contribution in [2.45, 2.75) is 44.7 Å². The lowest BCUT2D eigenvalue weighted by molar-refractivity contribution is 0.0926. The molecule has 1 aromatic carbocycles. The maximum absolute atomic E-state index is 12.4. The molecule has 0 radical (unpaired) electrons. The molecule has 2 aromatic rings. The number of rotatable bonds is 5. The quantitative estimate of drug-likeness (QED) is 0.819. The van der Waals surface area contributed by atoms with Crippen LogP contribution in [0.5, 0.6) is 0 Å². The Bertz CT molecular complexity index is 803. The van der Waals surface area contributed by atoms with Crippen molar-refractivity contribution in [1.82, 2.24) is 15.3 Å². The molecule has 1 aromatic heterocycles. The Hall–Kier alpha value is -2.34. The van der Waals surface area contributed by atoms with Crippen LogP contribution >= 0.6 is 11.6 Å². The van der Waals surface area contributed by atoms with E-state index >= 15 is 0 Å². The summed E-state index contributed by atoms with van der Waals surface area (Å²) in [4.78, 5) is 23.4. The summed E-state index contributed by atoms with van der Waals surface area (Å²) in [5, 5.41) is 7.13. The van der Waals surface area contributed by atoms with Gasteiger partial charge in [-0.25, -0.2) is 4.98 Å². The lowest BCUT2D eigenvalue weighted by Gasteiger charge is -2.30. The van der Waals surface area contributed by atoms with E-state index in [0.717, 1.165) is 37.1 Å². The van der Waals surface area contributed by atoms with Crippen LogP contribution in [0, 0.1) is 6.92 Å². The van der Waals surface area contributed by atoms with E-state index in [0.29, 0.717) is 22.6 Å². The molecule has 1 fully saturated rings. The zero-order chi connectivity index (χ0) is 19.4. The summed E-state index contributed by atoms with van der Waals surface area (Å²) in [6, 6.07) is 7.55. The normalized spacial score (nSPS) is 19.4. The van der Waals surface area contributed by atoms with Gasteiger partial charge in [-0.2, -0.15) is 4.98 Å². The average molecular weight is 388 g/mol. The first-order valence-electron chi connectivity index (χ1n) is 9.26. The van der Waals surface area contributed by atoms with Crippen LogP contribution in [-0.2, 0) is 0 Å². The predicted octanol–water partition coefficient (Wildman–Crippen LogP) is 3.66. The summed E-state index contributed by atoms with van der Waals surface area (Å²) in [6.07, 6.45) is 5.64. The standard InChI is InChI=1S/C20H26ClN5O/c1-13-12-22-20(25-18(13)26(2)3)24-17-9-7-16(8-10-17)23-19(27)14-5-4-6-15(21)11-14/h4-6,11-12,16-17H,7-10H2,1-3H3,(H,23,27)(H,22,24,25)/t16-,17+. The van der Waals surface area contributed by atoms with Gasteiger partial charge in [-0.05, 0) is 50.8 Å². The number of nitrogens with one attached hydrogen (secondary N) is 2. The second-order valence-electron chi connectivity index (χ2n) is 7.27. The van der Waals surface area contributed by atoms with Gasteiger partial charge in [0.25, 0.3) is 5.91 Å². The molecule has 0 aliphatic heterocycles. The molecular formula is C20H26ClN5O. The van der Waals surface area contributed by atoms with Crippen LogP contribution in [0.3, 0.4) is 0 Å². The van der Waals surface area contributed by atoms with Gasteiger partial charge < -0.3 is 15.5 Å². The highest BCUT2D eigenvalue weighted by molar-refractivity contribution is 6.30. The molecule has 1 aliphatic carbocycles. The van der Waals surface area contributed by atoms with Crippen molar-refractivity contribution in [1.29, 1.82) is 0 Å². The SMILES string of the molecule is Cc1cnc(N[C@H]2CC[C@@H](NC(=O)c3cccc(Cl)c3)CC2)nc1N(C)C. The lowest BCUT2D eigenvalue weighted by Crippen LogP contribution is -2.40. The molecule has 1 saturated carbocycles. The molecule has 2 N–H and O–H groups in total. The van der Waals surface area contributed by atoms with Crippen molar-refractivity contribution in [3.05, 3.63) is 46.6 Å². The zero-order valence-corrected chi connectivity index (χ0v) is 16.8. The van der Waals surface area contributed by atoms with E-state index < -0.39 is 0 Å². The molecule has 6 nitrogen and oxygen atoms in total. The number of benzene rings is 1. The number of carbonyl (C=O) groups excluding carboxylic acids is 1. The maximum Gasteiger partial charge on any atom is 0.251 e. The molecule has 0 bridgehead atoms. The highest BCUT2D eigenvalue weighted by atomic mass is 35.5. The largest absolute Gasteiger partial charge is 0.362 e. The number of anilines is 2. The number of aryl methyl sites for hydroxylation is 1. The molecular weight excluding hydrogens is 362 g/mol. The van der Waals surface area contributed by atoms with Crippen LogP contribution in [0.4, 0.5) is 11.8 Å². The van der Waals surface area contributed by atoms with Gasteiger partial charge in [0.05, 0.1) is 0 Å². The summed E-state index contributed by atoms with van der Waals surface area (Å²) in [7, 11) is 3.96. The van der Waals surface area contributed by atoms with Gasteiger partial charge in [0.2, 0.25) is 5.95 Å². The third-order valence-corrected chi connectivity index (χ3v) is 5.09. The summed E-state index contributed by atoms with van der Waals surface area (Å²) >= 11 is 5.97. The van der Waals surface area contributed by atoms with E-state index in [4.69, 9.17) is 11.6 Å². The Morgan fingerprint density at radius 1 is 1.19 bits per heavy atom. The molecule has 1 aliphatic rings. The third-order valence-electron chi connectivity index (χ3n) is 4.85. The number of amides is 1. The highest BCUT2D eigenvalue weighted by Gasteiger charge is 2.23. The smallest absolute Gasteiger partial charge is 0.251 e. The number of carbonyl (C=O) groups is 1. The van der Waals surface area contributed by atoms with Crippen molar-refractivity contribution >= 4 is 29.3 Å². The minimum absolute atomic E-state index is 0.0635. The molecule has 27 heavy (non-hydrogen) atoms. The number of hydrogen-bond donors (Lipinski definition) is 2. The van der Waals surface area contributed by atoms with E-state index in [2.05, 4.69) is 20.6 Å². The first-order valence-corrected chi connectivity index (χ1v) is 9.64. The fourth-order valence-corrected chi connectivity index (χ4v) is 3.61. The Kier molecular flexibility index (Phi) is 6.16. The third kappa shape index (κ3) is 5.10. The van der Waals surface area contributed by atoms with Gasteiger partial charge in [0.1, 0.15) is 5.82 Å². The van der Waals surface area contributed by atoms with E-state index in [1.54, 1.807) is 24.3 Å². The highest BCUT2D eigenvalue weighted by Crippen LogP contribution is 2.23. The number of hydrogen-bond acceptors (Lipinski definition) is 5. The Morgan fingerprint density at radius 3 is 2.56 bits per heavy atom. The first-order chi connectivity index (χ1) is 12.9. The van der Waals surface area contributed by atoms with Crippen LogP contribution in [0.2, 0.25) is 5.02 Å². The van der Waals surface area contributed by atoms with Crippen molar-refractivity contribution in [2.75, 3.05) is 24.3 Å². The van der Waals surface area contributed by atoms with E-state index in [-0.39, 0.29) is 11.9 Å². The lowest BCUT2D eigenvalue weighted by atomic mass is 9.91. The van der Waals surface area contributed by atoms with Crippen LogP contribution in [0.1, 0.15) is 41.6 Å². The minimum atomic E-state index is -0.0635. The fourth-order valence-electron chi connectivity index (χ4n) is 3.42. The number of nitrogens with zero attached hydrogens (tertiary/aromatic N) is 3. The van der Waals surface area contributed by atoms with E-state index in [1.807, 2.05) is 32.1 Å². The van der Waals surface area contributed by atoms with Gasteiger partial charge in [-0.3, -0.25) is 4.79 Å². The topological polar surface area (TPSA) is 70.1 Å². The molecule has 0 saturated heterocycles. The second kappa shape index (κ2) is 8.57. The van der Waals surface area contributed by atoms with Crippen molar-refractivity contribution in [3.8, 4) is 0 Å². The Labute approximate surface area is 165 Å². The summed E-state index contributed by atoms with van der Waals surface area (Å²) < 4.78 is 0. The van der Waals surface area contributed by atoms with Crippen molar-refractivity contribution in [2.24, 2.45) is 0 Å². The second-order valence-corrected chi connectivity index (χ2v) is 7.71.